The fourth-order valence-electron chi connectivity index (χ4n) is 5.19. The molecule has 4 rings (SSSR count). The summed E-state index contributed by atoms with van der Waals surface area (Å²) in [4.78, 5) is 14.1. The normalized spacial score (nSPS) is 22.8. The highest BCUT2D eigenvalue weighted by atomic mass is 32.2. The van der Waals surface area contributed by atoms with Crippen molar-refractivity contribution < 1.29 is 48.3 Å². The second-order valence-electron chi connectivity index (χ2n) is 9.67. The average molecular weight is 582 g/mol. The first-order valence-corrected chi connectivity index (χ1v) is 13.4. The van der Waals surface area contributed by atoms with Gasteiger partial charge in [-0.15, -0.1) is 0 Å². The molecule has 212 valence electrons. The van der Waals surface area contributed by atoms with E-state index in [1.165, 1.54) is 4.90 Å². The number of hydrogen-bond acceptors (Lipinski definition) is 3. The molecule has 2 aromatic rings. The third-order valence-electron chi connectivity index (χ3n) is 7.39. The first-order chi connectivity index (χ1) is 18.0. The van der Waals surface area contributed by atoms with E-state index in [0.717, 1.165) is 24.3 Å². The van der Waals surface area contributed by atoms with E-state index < -0.39 is 56.4 Å². The molecule has 0 aromatic heterocycles. The highest BCUT2D eigenvalue weighted by molar-refractivity contribution is 7.92. The van der Waals surface area contributed by atoms with E-state index in [9.17, 15) is 48.3 Å². The van der Waals surface area contributed by atoms with Gasteiger partial charge >= 0.3 is 18.0 Å². The Hall–Kier alpha value is -2.96. The van der Waals surface area contributed by atoms with Crippen LogP contribution in [0.4, 0.5) is 35.1 Å². The number of rotatable bonds is 5. The fraction of sp³-hybridized carbons (Fsp3) is 0.423. The van der Waals surface area contributed by atoms with Crippen LogP contribution in [-0.4, -0.2) is 44.7 Å². The molecule has 1 saturated heterocycles. The highest BCUT2D eigenvalue weighted by Crippen LogP contribution is 2.54. The molecule has 2 atom stereocenters. The van der Waals surface area contributed by atoms with E-state index in [2.05, 4.69) is 0 Å². The number of hydrogen-bond donors (Lipinski definition) is 0. The summed E-state index contributed by atoms with van der Waals surface area (Å²) in [6.45, 7) is -0.496. The van der Waals surface area contributed by atoms with Gasteiger partial charge in [0.05, 0.1) is 4.90 Å². The summed E-state index contributed by atoms with van der Waals surface area (Å²) in [5.41, 5.74) is -7.67. The molecular formula is C26H23F8NO3S. The number of carbonyl (C=O) groups is 1. The van der Waals surface area contributed by atoms with E-state index >= 15 is 0 Å². The summed E-state index contributed by atoms with van der Waals surface area (Å²) in [7, 11) is -4.49. The van der Waals surface area contributed by atoms with Crippen molar-refractivity contribution in [1.29, 1.82) is 0 Å². The van der Waals surface area contributed by atoms with E-state index in [4.69, 9.17) is 0 Å². The van der Waals surface area contributed by atoms with Crippen LogP contribution in [0.1, 0.15) is 36.8 Å². The monoisotopic (exact) mass is 581 g/mol. The lowest BCUT2D eigenvalue weighted by atomic mass is 9.90. The molecule has 0 radical (unpaired) electrons. The minimum absolute atomic E-state index is 0.0562. The van der Waals surface area contributed by atoms with Crippen LogP contribution in [0.25, 0.3) is 0 Å². The van der Waals surface area contributed by atoms with Crippen molar-refractivity contribution in [2.75, 3.05) is 13.1 Å². The fourth-order valence-corrected chi connectivity index (χ4v) is 7.27. The first kappa shape index (κ1) is 29.0. The molecule has 2 aliphatic rings. The Kier molecular flexibility index (Phi) is 7.37. The van der Waals surface area contributed by atoms with Crippen LogP contribution in [0.15, 0.2) is 65.6 Å². The van der Waals surface area contributed by atoms with Crippen molar-refractivity contribution in [2.45, 2.75) is 53.3 Å². The number of allylic oxidation sites excluding steroid dienone is 2. The molecule has 39 heavy (non-hydrogen) atoms. The van der Waals surface area contributed by atoms with Gasteiger partial charge in [-0.25, -0.2) is 17.2 Å². The zero-order valence-electron chi connectivity index (χ0n) is 20.2. The van der Waals surface area contributed by atoms with Gasteiger partial charge in [0.25, 0.3) is 0 Å². The summed E-state index contributed by atoms with van der Waals surface area (Å²) in [6, 6.07) is 5.68. The standard InChI is InChI=1S/C26H23F8NO3S/c27-20-10-12-21(13-11-20)39(37,38)23(14-15-35(16-23)22(36)17-4-2-1-3-5-17)18-6-8-19(9-7-18)24(28,25(29,30)31)26(32,33)34/h1-2,6-13,17H,3-5,14-16H2/t17?,23-/m0/s1. The van der Waals surface area contributed by atoms with Crippen molar-refractivity contribution in [3.63, 3.8) is 0 Å². The van der Waals surface area contributed by atoms with Crippen LogP contribution in [0.5, 0.6) is 0 Å². The summed E-state index contributed by atoms with van der Waals surface area (Å²) >= 11 is 0. The average Bonchev–Trinajstić information content (AvgIpc) is 3.35. The Morgan fingerprint density at radius 2 is 1.46 bits per heavy atom. The largest absolute Gasteiger partial charge is 0.435 e. The number of amides is 1. The Bertz CT molecular complexity index is 1340. The van der Waals surface area contributed by atoms with Crippen LogP contribution in [0.2, 0.25) is 0 Å². The van der Waals surface area contributed by atoms with Gasteiger partial charge in [0.15, 0.2) is 9.84 Å². The minimum atomic E-state index is -6.34. The van der Waals surface area contributed by atoms with E-state index in [-0.39, 0.29) is 41.5 Å². The smallest absolute Gasteiger partial charge is 0.340 e. The third-order valence-corrected chi connectivity index (χ3v) is 9.88. The molecule has 0 spiro atoms. The lowest BCUT2D eigenvalue weighted by Gasteiger charge is -2.33. The molecule has 4 nitrogen and oxygen atoms in total. The predicted molar refractivity (Wildman–Crippen MR) is 124 cm³/mol. The van der Waals surface area contributed by atoms with Gasteiger partial charge in [-0.05, 0) is 55.5 Å². The van der Waals surface area contributed by atoms with Crippen molar-refractivity contribution in [3.05, 3.63) is 77.6 Å². The second kappa shape index (κ2) is 9.90. The van der Waals surface area contributed by atoms with Crippen molar-refractivity contribution in [3.8, 4) is 0 Å². The number of sulfone groups is 1. The zero-order chi connectivity index (χ0) is 28.9. The third kappa shape index (κ3) is 4.82. The number of halogens is 8. The number of benzene rings is 2. The quantitative estimate of drug-likeness (QED) is 0.234. The highest BCUT2D eigenvalue weighted by Gasteiger charge is 2.73. The summed E-state index contributed by atoms with van der Waals surface area (Å²) in [5.74, 6) is -1.48. The van der Waals surface area contributed by atoms with Crippen LogP contribution >= 0.6 is 0 Å². The Labute approximate surface area is 219 Å². The van der Waals surface area contributed by atoms with Gasteiger partial charge in [-0.2, -0.15) is 26.3 Å². The van der Waals surface area contributed by atoms with Crippen molar-refractivity contribution in [2.24, 2.45) is 5.92 Å². The Balaban J connectivity index is 1.80. The number of carbonyl (C=O) groups excluding carboxylic acids is 1. The maximum Gasteiger partial charge on any atom is 0.435 e. The van der Waals surface area contributed by atoms with Gasteiger partial charge in [0.1, 0.15) is 10.6 Å². The maximum absolute atomic E-state index is 14.6. The van der Waals surface area contributed by atoms with Crippen LogP contribution in [0.3, 0.4) is 0 Å². The molecule has 0 N–H and O–H groups in total. The van der Waals surface area contributed by atoms with Gasteiger partial charge in [-0.3, -0.25) is 4.79 Å². The lowest BCUT2D eigenvalue weighted by Crippen LogP contribution is -2.50. The van der Waals surface area contributed by atoms with Crippen LogP contribution in [-0.2, 0) is 25.0 Å². The molecule has 1 fully saturated rings. The Morgan fingerprint density at radius 3 is 1.97 bits per heavy atom. The topological polar surface area (TPSA) is 54.5 Å². The molecule has 13 heteroatoms. The molecule has 1 unspecified atom stereocenters. The molecule has 1 aliphatic heterocycles. The second-order valence-corrected chi connectivity index (χ2v) is 11.9. The molecule has 1 heterocycles. The van der Waals surface area contributed by atoms with Gasteiger partial charge in [-0.1, -0.05) is 36.4 Å². The van der Waals surface area contributed by atoms with Crippen molar-refractivity contribution >= 4 is 15.7 Å². The number of alkyl halides is 7. The molecule has 1 aliphatic carbocycles. The molecule has 0 bridgehead atoms. The molecule has 1 amide bonds. The summed E-state index contributed by atoms with van der Waals surface area (Å²) in [6.07, 6.45) is -7.56. The Morgan fingerprint density at radius 1 is 0.872 bits per heavy atom. The van der Waals surface area contributed by atoms with Gasteiger partial charge in [0.2, 0.25) is 5.91 Å². The predicted octanol–water partition coefficient (Wildman–Crippen LogP) is 6.37. The zero-order valence-corrected chi connectivity index (χ0v) is 21.0. The van der Waals surface area contributed by atoms with Crippen molar-refractivity contribution in [1.82, 2.24) is 4.90 Å². The maximum atomic E-state index is 14.6. The van der Waals surface area contributed by atoms with Crippen LogP contribution < -0.4 is 0 Å². The lowest BCUT2D eigenvalue weighted by molar-refractivity contribution is -0.348. The summed E-state index contributed by atoms with van der Waals surface area (Å²) < 4.78 is 133. The van der Waals surface area contributed by atoms with E-state index in [1.807, 2.05) is 12.2 Å². The van der Waals surface area contributed by atoms with E-state index in [1.54, 1.807) is 0 Å². The summed E-state index contributed by atoms with van der Waals surface area (Å²) in [5, 5.41) is 0. The number of likely N-dealkylation sites (tertiary alicyclic amines) is 1. The first-order valence-electron chi connectivity index (χ1n) is 11.9. The molecule has 2 aromatic carbocycles. The number of nitrogens with zero attached hydrogens (tertiary/aromatic N) is 1. The minimum Gasteiger partial charge on any atom is -0.340 e. The SMILES string of the molecule is O=C(C1CC=CCC1)N1CC[C@](c2ccc(C(F)(C(F)(F)F)C(F)(F)F)cc2)(S(=O)(=O)c2ccc(F)cc2)C1. The van der Waals surface area contributed by atoms with Crippen LogP contribution in [0, 0.1) is 11.7 Å². The van der Waals surface area contributed by atoms with Gasteiger partial charge in [0, 0.05) is 24.6 Å². The molecular weight excluding hydrogens is 558 g/mol. The van der Waals surface area contributed by atoms with Gasteiger partial charge < -0.3 is 4.90 Å². The van der Waals surface area contributed by atoms with E-state index in [0.29, 0.717) is 31.4 Å². The molecule has 0 saturated carbocycles.